The molecule has 2 heterocycles. The highest BCUT2D eigenvalue weighted by molar-refractivity contribution is 5.77. The van der Waals surface area contributed by atoms with Crippen LogP contribution in [0.25, 0.3) is 0 Å². The minimum atomic E-state index is -5.91. The second-order valence-corrected chi connectivity index (χ2v) is 3.81. The number of aromatic nitrogens is 6. The maximum absolute atomic E-state index is 13.4. The maximum atomic E-state index is 13.4. The first kappa shape index (κ1) is 15.0. The van der Waals surface area contributed by atoms with Crippen molar-refractivity contribution in [1.82, 2.24) is 29.5 Å². The van der Waals surface area contributed by atoms with Crippen molar-refractivity contribution in [2.45, 2.75) is 25.4 Å². The van der Waals surface area contributed by atoms with E-state index in [1.54, 1.807) is 0 Å². The minimum Gasteiger partial charge on any atom is -0.243 e. The predicted molar refractivity (Wildman–Crippen MR) is 55.6 cm³/mol. The first-order chi connectivity index (χ1) is 9.68. The van der Waals surface area contributed by atoms with Crippen LogP contribution in [0.2, 0.25) is 0 Å². The van der Waals surface area contributed by atoms with E-state index in [0.717, 1.165) is 12.7 Å². The van der Waals surface area contributed by atoms with Crippen molar-refractivity contribution in [2.24, 2.45) is 0 Å². The molecule has 0 spiro atoms. The van der Waals surface area contributed by atoms with Gasteiger partial charge in [0, 0.05) is 6.42 Å². The summed E-state index contributed by atoms with van der Waals surface area (Å²) < 4.78 is 64.5. The van der Waals surface area contributed by atoms with E-state index in [2.05, 4.69) is 20.2 Å². The van der Waals surface area contributed by atoms with Crippen LogP contribution in [0.4, 0.5) is 26.7 Å². The Morgan fingerprint density at radius 3 is 2.43 bits per heavy atom. The Morgan fingerprint density at radius 2 is 1.95 bits per heavy atom. The summed E-state index contributed by atoms with van der Waals surface area (Å²) in [7, 11) is 0. The van der Waals surface area contributed by atoms with Gasteiger partial charge in [-0.3, -0.25) is 0 Å². The highest BCUT2D eigenvalue weighted by atomic mass is 19.4. The average Bonchev–Trinajstić information content (AvgIpc) is 3.06. The molecule has 114 valence electrons. The van der Waals surface area contributed by atoms with E-state index in [9.17, 15) is 26.7 Å². The van der Waals surface area contributed by atoms with Gasteiger partial charge in [-0.25, -0.2) is 14.8 Å². The largest absolute Gasteiger partial charge is 0.461 e. The van der Waals surface area contributed by atoms with E-state index in [-0.39, 0.29) is 16.9 Å². The molecule has 0 aliphatic heterocycles. The zero-order chi connectivity index (χ0) is 15.8. The quantitative estimate of drug-likeness (QED) is 0.787. The molecule has 0 amide bonds. The standard InChI is InChI=1S/C9H7F5N6O/c1-2-5-17-6(8(10,11)9(12,13)14)20(18-5)7(21)19-4-15-3-16-19/h3-4H,2H2,1H3. The number of carbonyl (C=O) groups is 1. The molecule has 0 unspecified atom stereocenters. The van der Waals surface area contributed by atoms with Gasteiger partial charge >= 0.3 is 18.1 Å². The Hall–Kier alpha value is -2.40. The van der Waals surface area contributed by atoms with E-state index in [0.29, 0.717) is 4.68 Å². The average molecular weight is 310 g/mol. The molecule has 2 rings (SSSR count). The Morgan fingerprint density at radius 1 is 1.29 bits per heavy atom. The first-order valence-electron chi connectivity index (χ1n) is 5.48. The molecule has 0 atom stereocenters. The van der Waals surface area contributed by atoms with Gasteiger partial charge in [-0.15, -0.1) is 5.10 Å². The summed E-state index contributed by atoms with van der Waals surface area (Å²) in [5, 5.41) is 6.71. The molecule has 2 aromatic rings. The summed E-state index contributed by atoms with van der Waals surface area (Å²) in [4.78, 5) is 18.3. The van der Waals surface area contributed by atoms with Crippen LogP contribution in [0, 0.1) is 0 Å². The monoisotopic (exact) mass is 310 g/mol. The van der Waals surface area contributed by atoms with Crippen LogP contribution in [-0.2, 0) is 12.3 Å². The molecule has 0 N–H and O–H groups in total. The van der Waals surface area contributed by atoms with Crippen LogP contribution < -0.4 is 0 Å². The van der Waals surface area contributed by atoms with Gasteiger partial charge in [0.05, 0.1) is 0 Å². The fourth-order valence-electron chi connectivity index (χ4n) is 1.37. The summed E-state index contributed by atoms with van der Waals surface area (Å²) in [5.41, 5.74) is 0. The second-order valence-electron chi connectivity index (χ2n) is 3.81. The van der Waals surface area contributed by atoms with Crippen LogP contribution in [0.3, 0.4) is 0 Å². The number of carbonyl (C=O) groups excluding carboxylic acids is 1. The molecule has 0 fully saturated rings. The van der Waals surface area contributed by atoms with Crippen LogP contribution >= 0.6 is 0 Å². The molecule has 12 heteroatoms. The van der Waals surface area contributed by atoms with Crippen LogP contribution in [0.1, 0.15) is 18.6 Å². The highest BCUT2D eigenvalue weighted by Gasteiger charge is 2.62. The van der Waals surface area contributed by atoms with Gasteiger partial charge in [0.1, 0.15) is 12.7 Å². The molecule has 0 bridgehead atoms. The molecule has 0 saturated heterocycles. The molecule has 0 aliphatic rings. The van der Waals surface area contributed by atoms with Crippen molar-refractivity contribution >= 4 is 6.03 Å². The molecule has 7 nitrogen and oxygen atoms in total. The van der Waals surface area contributed by atoms with Crippen molar-refractivity contribution in [2.75, 3.05) is 0 Å². The van der Waals surface area contributed by atoms with Crippen LogP contribution in [-0.4, -0.2) is 41.7 Å². The van der Waals surface area contributed by atoms with E-state index in [4.69, 9.17) is 0 Å². The van der Waals surface area contributed by atoms with Crippen molar-refractivity contribution in [3.8, 4) is 0 Å². The summed E-state index contributed by atoms with van der Waals surface area (Å²) in [6.07, 6.45) is -4.19. The molecule has 21 heavy (non-hydrogen) atoms. The summed E-state index contributed by atoms with van der Waals surface area (Å²) in [5.74, 6) is -7.47. The fraction of sp³-hybridized carbons (Fsp3) is 0.444. The number of nitrogens with zero attached hydrogens (tertiary/aromatic N) is 6. The lowest BCUT2D eigenvalue weighted by molar-refractivity contribution is -0.293. The van der Waals surface area contributed by atoms with Gasteiger partial charge in [-0.2, -0.15) is 36.4 Å². The van der Waals surface area contributed by atoms with E-state index >= 15 is 0 Å². The highest BCUT2D eigenvalue weighted by Crippen LogP contribution is 2.43. The Labute approximate surface area is 113 Å². The third-order valence-corrected chi connectivity index (χ3v) is 2.40. The Bertz CT molecular complexity index is 646. The topological polar surface area (TPSA) is 78.5 Å². The van der Waals surface area contributed by atoms with Crippen LogP contribution in [0.15, 0.2) is 12.7 Å². The van der Waals surface area contributed by atoms with Gasteiger partial charge in [-0.1, -0.05) is 6.92 Å². The molecular weight excluding hydrogens is 303 g/mol. The Balaban J connectivity index is 2.57. The van der Waals surface area contributed by atoms with Crippen molar-refractivity contribution in [3.63, 3.8) is 0 Å². The Kier molecular flexibility index (Phi) is 3.47. The maximum Gasteiger partial charge on any atom is 0.461 e. The molecule has 2 aromatic heterocycles. The minimum absolute atomic E-state index is 0.0292. The second kappa shape index (κ2) is 4.86. The molecule has 0 saturated carbocycles. The third kappa shape index (κ3) is 2.48. The molecular formula is C9H7F5N6O. The number of halogens is 5. The first-order valence-corrected chi connectivity index (χ1v) is 5.48. The van der Waals surface area contributed by atoms with E-state index in [1.807, 2.05) is 0 Å². The van der Waals surface area contributed by atoms with Crippen molar-refractivity contribution < 1.29 is 26.7 Å². The van der Waals surface area contributed by atoms with Gasteiger partial charge < -0.3 is 0 Å². The fourth-order valence-corrected chi connectivity index (χ4v) is 1.37. The third-order valence-electron chi connectivity index (χ3n) is 2.40. The summed E-state index contributed by atoms with van der Waals surface area (Å²) >= 11 is 0. The zero-order valence-corrected chi connectivity index (χ0v) is 10.3. The molecule has 0 aliphatic carbocycles. The van der Waals surface area contributed by atoms with Crippen LogP contribution in [0.5, 0.6) is 0 Å². The molecule has 0 radical (unpaired) electrons. The SMILES string of the molecule is CCc1nc(C(F)(F)C(F)(F)F)n(C(=O)n2cncn2)n1. The van der Waals surface area contributed by atoms with Gasteiger partial charge in [0.25, 0.3) is 0 Å². The number of hydrogen-bond acceptors (Lipinski definition) is 5. The van der Waals surface area contributed by atoms with Gasteiger partial charge in [-0.05, 0) is 0 Å². The van der Waals surface area contributed by atoms with E-state index < -0.39 is 24.0 Å². The molecule has 0 aromatic carbocycles. The number of rotatable bonds is 2. The van der Waals surface area contributed by atoms with Crippen molar-refractivity contribution in [1.29, 1.82) is 0 Å². The van der Waals surface area contributed by atoms with Gasteiger partial charge in [0.2, 0.25) is 5.82 Å². The normalized spacial score (nSPS) is 12.7. The number of aryl methyl sites for hydroxylation is 1. The smallest absolute Gasteiger partial charge is 0.243 e. The van der Waals surface area contributed by atoms with E-state index in [1.165, 1.54) is 6.92 Å². The zero-order valence-electron chi connectivity index (χ0n) is 10.3. The lowest BCUT2D eigenvalue weighted by Gasteiger charge is -2.18. The number of hydrogen-bond donors (Lipinski definition) is 0. The summed E-state index contributed by atoms with van der Waals surface area (Å²) in [6, 6.07) is -1.35. The van der Waals surface area contributed by atoms with Crippen molar-refractivity contribution in [3.05, 3.63) is 24.3 Å². The number of alkyl halides is 5. The lowest BCUT2D eigenvalue weighted by atomic mass is 10.3. The van der Waals surface area contributed by atoms with Gasteiger partial charge in [0.15, 0.2) is 5.82 Å². The lowest BCUT2D eigenvalue weighted by Crippen LogP contribution is -2.38. The predicted octanol–water partition coefficient (Wildman–Crippen LogP) is 1.60. The summed E-state index contributed by atoms with van der Waals surface area (Å²) in [6.45, 7) is 1.44.